The van der Waals surface area contributed by atoms with Crippen LogP contribution in [0.15, 0.2) is 24.3 Å². The van der Waals surface area contributed by atoms with Gasteiger partial charge in [-0.3, -0.25) is 14.5 Å². The van der Waals surface area contributed by atoms with Crippen LogP contribution in [0.25, 0.3) is 0 Å². The highest BCUT2D eigenvalue weighted by Crippen LogP contribution is 2.43. The Morgan fingerprint density at radius 3 is 2.57 bits per heavy atom. The van der Waals surface area contributed by atoms with Crippen LogP contribution in [0.1, 0.15) is 56.8 Å². The Labute approximate surface area is 167 Å². The number of nitrogens with zero attached hydrogens (tertiary/aromatic N) is 2. The van der Waals surface area contributed by atoms with Crippen LogP contribution in [-0.2, 0) is 9.53 Å². The van der Waals surface area contributed by atoms with Gasteiger partial charge in [0, 0.05) is 18.7 Å². The van der Waals surface area contributed by atoms with Gasteiger partial charge in [-0.15, -0.1) is 0 Å². The van der Waals surface area contributed by atoms with E-state index in [1.165, 1.54) is 0 Å². The van der Waals surface area contributed by atoms with Crippen molar-refractivity contribution in [3.8, 4) is 5.75 Å². The van der Waals surface area contributed by atoms with Gasteiger partial charge in [0.1, 0.15) is 17.5 Å². The fourth-order valence-electron chi connectivity index (χ4n) is 4.15. The van der Waals surface area contributed by atoms with Gasteiger partial charge < -0.3 is 14.4 Å². The lowest BCUT2D eigenvalue weighted by Gasteiger charge is -2.43. The van der Waals surface area contributed by atoms with Crippen molar-refractivity contribution in [2.45, 2.75) is 64.3 Å². The second-order valence-electron chi connectivity index (χ2n) is 8.41. The zero-order chi connectivity index (χ0) is 20.5. The molecular formula is C22H32N2O4. The third kappa shape index (κ3) is 3.75. The molecule has 2 amide bonds. The summed E-state index contributed by atoms with van der Waals surface area (Å²) in [5, 5.41) is 0. The number of hydrogen-bond acceptors (Lipinski definition) is 4. The van der Waals surface area contributed by atoms with E-state index in [0.29, 0.717) is 17.2 Å². The summed E-state index contributed by atoms with van der Waals surface area (Å²) in [4.78, 5) is 30.2. The van der Waals surface area contributed by atoms with Crippen LogP contribution < -0.4 is 4.74 Å². The predicted molar refractivity (Wildman–Crippen MR) is 107 cm³/mol. The largest absolute Gasteiger partial charge is 0.497 e. The number of hydrogen-bond donors (Lipinski definition) is 0. The van der Waals surface area contributed by atoms with Crippen molar-refractivity contribution in [1.82, 2.24) is 9.80 Å². The molecule has 0 radical (unpaired) electrons. The molecule has 1 aromatic rings. The first kappa shape index (κ1) is 20.6. The fraction of sp³-hybridized carbons (Fsp3) is 0.636. The third-order valence-electron chi connectivity index (χ3n) is 6.26. The summed E-state index contributed by atoms with van der Waals surface area (Å²) < 4.78 is 11.5. The van der Waals surface area contributed by atoms with Crippen molar-refractivity contribution in [2.24, 2.45) is 5.92 Å². The molecule has 1 aliphatic carbocycles. The number of amides is 2. The van der Waals surface area contributed by atoms with Gasteiger partial charge in [-0.2, -0.15) is 0 Å². The van der Waals surface area contributed by atoms with E-state index in [9.17, 15) is 9.59 Å². The number of carbonyl (C=O) groups excluding carboxylic acids is 2. The Balaban J connectivity index is 1.97. The van der Waals surface area contributed by atoms with Crippen molar-refractivity contribution in [2.75, 3.05) is 20.8 Å². The quantitative estimate of drug-likeness (QED) is 0.794. The highest BCUT2D eigenvalue weighted by atomic mass is 16.5. The fourth-order valence-corrected chi connectivity index (χ4v) is 4.15. The molecule has 0 bridgehead atoms. The molecule has 1 heterocycles. The molecule has 6 heteroatoms. The number of carbonyl (C=O) groups is 2. The normalized spacial score (nSPS) is 27.3. The van der Waals surface area contributed by atoms with Gasteiger partial charge in [-0.05, 0) is 63.6 Å². The zero-order valence-electron chi connectivity index (χ0n) is 17.6. The van der Waals surface area contributed by atoms with Crippen LogP contribution in [0.5, 0.6) is 5.75 Å². The van der Waals surface area contributed by atoms with Crippen LogP contribution in [-0.4, -0.2) is 60.2 Å². The summed E-state index contributed by atoms with van der Waals surface area (Å²) in [5.74, 6) is 0.999. The summed E-state index contributed by atoms with van der Waals surface area (Å²) >= 11 is 0. The van der Waals surface area contributed by atoms with Crippen LogP contribution in [0.3, 0.4) is 0 Å². The summed E-state index contributed by atoms with van der Waals surface area (Å²) in [5.41, 5.74) is -0.169. The van der Waals surface area contributed by atoms with E-state index in [-0.39, 0.29) is 24.5 Å². The Kier molecular flexibility index (Phi) is 5.98. The van der Waals surface area contributed by atoms with Crippen LogP contribution in [0, 0.1) is 5.92 Å². The maximum Gasteiger partial charge on any atom is 0.257 e. The molecule has 1 aliphatic heterocycles. The minimum Gasteiger partial charge on any atom is -0.497 e. The average molecular weight is 389 g/mol. The lowest BCUT2D eigenvalue weighted by atomic mass is 9.83. The molecule has 0 N–H and O–H groups in total. The molecule has 1 saturated carbocycles. The van der Waals surface area contributed by atoms with Crippen molar-refractivity contribution in [3.05, 3.63) is 29.8 Å². The second-order valence-corrected chi connectivity index (χ2v) is 8.41. The Morgan fingerprint density at radius 2 is 1.96 bits per heavy atom. The number of likely N-dealkylation sites (N-methyl/N-ethyl adjacent to an activating group) is 1. The lowest BCUT2D eigenvalue weighted by Crippen LogP contribution is -2.57. The smallest absolute Gasteiger partial charge is 0.257 e. The van der Waals surface area contributed by atoms with Crippen molar-refractivity contribution in [3.63, 3.8) is 0 Å². The van der Waals surface area contributed by atoms with Gasteiger partial charge in [-0.25, -0.2) is 0 Å². The van der Waals surface area contributed by atoms with E-state index < -0.39 is 11.8 Å². The number of methoxy groups -OCH3 is 1. The van der Waals surface area contributed by atoms with Crippen molar-refractivity contribution >= 4 is 11.8 Å². The molecule has 1 aromatic carbocycles. The Bertz CT molecular complexity index is 725. The van der Waals surface area contributed by atoms with E-state index in [0.717, 1.165) is 25.7 Å². The maximum atomic E-state index is 13.6. The highest BCUT2D eigenvalue weighted by Gasteiger charge is 2.54. The monoisotopic (exact) mass is 388 g/mol. The van der Waals surface area contributed by atoms with Crippen LogP contribution >= 0.6 is 0 Å². The third-order valence-corrected chi connectivity index (χ3v) is 6.26. The van der Waals surface area contributed by atoms with Gasteiger partial charge >= 0.3 is 0 Å². The number of ether oxygens (including phenoxy) is 2. The minimum atomic E-state index is -0.690. The first-order valence-electron chi connectivity index (χ1n) is 10.2. The van der Waals surface area contributed by atoms with E-state index in [2.05, 4.69) is 6.92 Å². The summed E-state index contributed by atoms with van der Waals surface area (Å²) in [6.45, 7) is 6.42. The maximum absolute atomic E-state index is 13.6. The Hall–Kier alpha value is -2.08. The first-order valence-corrected chi connectivity index (χ1v) is 10.2. The molecule has 2 fully saturated rings. The molecule has 6 nitrogen and oxygen atoms in total. The second kappa shape index (κ2) is 8.11. The molecule has 2 aliphatic rings. The van der Waals surface area contributed by atoms with Gasteiger partial charge in [0.15, 0.2) is 0 Å². The number of benzene rings is 1. The average Bonchev–Trinajstić information content (AvgIpc) is 3.07. The van der Waals surface area contributed by atoms with E-state index in [4.69, 9.17) is 9.47 Å². The molecule has 1 saturated heterocycles. The molecule has 154 valence electrons. The molecule has 1 unspecified atom stereocenters. The SMILES string of the molecule is COc1cccc(C(=O)N2C(C(=O)N(C)C(C)C)COC23CCC(C)CC3)c1. The molecule has 0 aromatic heterocycles. The van der Waals surface area contributed by atoms with Crippen LogP contribution in [0.2, 0.25) is 0 Å². The minimum absolute atomic E-state index is 0.0594. The van der Waals surface area contributed by atoms with Gasteiger partial charge in [0.05, 0.1) is 13.7 Å². The molecule has 3 rings (SSSR count). The summed E-state index contributed by atoms with van der Waals surface area (Å²) in [6, 6.07) is 6.58. The molecular weight excluding hydrogens is 356 g/mol. The molecule has 1 atom stereocenters. The first-order chi connectivity index (χ1) is 13.3. The molecule has 1 spiro atoms. The van der Waals surface area contributed by atoms with E-state index >= 15 is 0 Å². The Morgan fingerprint density at radius 1 is 1.29 bits per heavy atom. The van der Waals surface area contributed by atoms with Gasteiger partial charge in [0.2, 0.25) is 5.91 Å². The topological polar surface area (TPSA) is 59.1 Å². The van der Waals surface area contributed by atoms with Crippen molar-refractivity contribution < 1.29 is 19.1 Å². The van der Waals surface area contributed by atoms with E-state index in [1.54, 1.807) is 42.2 Å². The standard InChI is InChI=1S/C22H32N2O4/c1-15(2)23(4)21(26)19-14-28-22(11-9-16(3)10-12-22)24(19)20(25)17-7-6-8-18(13-17)27-5/h6-8,13,15-16,19H,9-12,14H2,1-5H3. The summed E-state index contributed by atoms with van der Waals surface area (Å²) in [6.07, 6.45) is 3.50. The predicted octanol–water partition coefficient (Wildman–Crippen LogP) is 3.31. The van der Waals surface area contributed by atoms with Gasteiger partial charge in [0.25, 0.3) is 5.91 Å². The summed E-state index contributed by atoms with van der Waals surface area (Å²) in [7, 11) is 3.37. The van der Waals surface area contributed by atoms with E-state index in [1.807, 2.05) is 19.9 Å². The van der Waals surface area contributed by atoms with Gasteiger partial charge in [-0.1, -0.05) is 13.0 Å². The van der Waals surface area contributed by atoms with Crippen molar-refractivity contribution in [1.29, 1.82) is 0 Å². The molecule has 28 heavy (non-hydrogen) atoms. The van der Waals surface area contributed by atoms with Crippen LogP contribution in [0.4, 0.5) is 0 Å². The highest BCUT2D eigenvalue weighted by molar-refractivity contribution is 5.98. The zero-order valence-corrected chi connectivity index (χ0v) is 17.6. The lowest BCUT2D eigenvalue weighted by molar-refractivity contribution is -0.137. The number of rotatable bonds is 4.